The fourth-order valence-corrected chi connectivity index (χ4v) is 7.55. The zero-order chi connectivity index (χ0) is 29.9. The largest absolute Gasteiger partial charge is 0.454 e. The second-order valence-corrected chi connectivity index (χ2v) is 12.9. The smallest absolute Gasteiger partial charge is 0.329 e. The van der Waals surface area contributed by atoms with Crippen molar-refractivity contribution < 1.29 is 23.9 Å². The molecular weight excluding hydrogens is 596 g/mol. The van der Waals surface area contributed by atoms with Gasteiger partial charge in [0.25, 0.3) is 5.91 Å². The standard InChI is InChI=1S/C34H33BrN2O5/c1-17(2)13-26(34(41)42-16-27(38)36-25-15-18(3)24(35)14-19(25)4)37-32(39)30-28-20-9-5-6-10-21(20)29(31(30)33(37)40)23-12-8-7-11-22(23)28/h5-12,14-15,17,26,28-31H,13,16H2,1-4H3,(H,36,38)/t26-,28?,29?,30-,31+/m0/s1. The summed E-state index contributed by atoms with van der Waals surface area (Å²) in [5.41, 5.74) is 6.73. The van der Waals surface area contributed by atoms with Gasteiger partial charge in [-0.3, -0.25) is 19.3 Å². The minimum atomic E-state index is -1.11. The number of anilines is 1. The quantitative estimate of drug-likeness (QED) is 0.262. The highest BCUT2D eigenvalue weighted by Crippen LogP contribution is 2.61. The Morgan fingerprint density at radius 3 is 1.83 bits per heavy atom. The molecule has 0 unspecified atom stereocenters. The first-order valence-electron chi connectivity index (χ1n) is 14.4. The Labute approximate surface area is 253 Å². The van der Waals surface area contributed by atoms with E-state index in [1.54, 1.807) is 0 Å². The highest BCUT2D eigenvalue weighted by Gasteiger charge is 2.63. The molecule has 2 bridgehead atoms. The van der Waals surface area contributed by atoms with E-state index in [9.17, 15) is 19.2 Å². The molecule has 1 N–H and O–H groups in total. The van der Waals surface area contributed by atoms with Crippen LogP contribution < -0.4 is 5.32 Å². The fraction of sp³-hybridized carbons (Fsp3) is 0.353. The van der Waals surface area contributed by atoms with Crippen LogP contribution >= 0.6 is 15.9 Å². The van der Waals surface area contributed by atoms with Crippen LogP contribution in [0, 0.1) is 31.6 Å². The zero-order valence-corrected chi connectivity index (χ0v) is 25.6. The van der Waals surface area contributed by atoms with E-state index >= 15 is 0 Å². The van der Waals surface area contributed by atoms with E-state index in [-0.39, 0.29) is 36.0 Å². The van der Waals surface area contributed by atoms with Crippen molar-refractivity contribution in [1.82, 2.24) is 4.90 Å². The maximum absolute atomic E-state index is 14.2. The van der Waals surface area contributed by atoms with Crippen LogP contribution in [0.25, 0.3) is 0 Å². The van der Waals surface area contributed by atoms with Gasteiger partial charge in [0.1, 0.15) is 6.04 Å². The molecule has 0 saturated carbocycles. The lowest BCUT2D eigenvalue weighted by atomic mass is 9.55. The summed E-state index contributed by atoms with van der Waals surface area (Å²) >= 11 is 3.48. The predicted molar refractivity (Wildman–Crippen MR) is 162 cm³/mol. The Bertz CT molecular complexity index is 1520. The van der Waals surface area contributed by atoms with E-state index in [1.807, 2.05) is 88.4 Å². The van der Waals surface area contributed by atoms with Crippen molar-refractivity contribution in [2.75, 3.05) is 11.9 Å². The first-order chi connectivity index (χ1) is 20.1. The molecule has 7 nitrogen and oxygen atoms in total. The third-order valence-corrected chi connectivity index (χ3v) is 9.74. The molecule has 3 aromatic carbocycles. The number of imide groups is 1. The number of ether oxygens (including phenoxy) is 1. The maximum Gasteiger partial charge on any atom is 0.329 e. The van der Waals surface area contributed by atoms with Gasteiger partial charge in [-0.1, -0.05) is 78.3 Å². The number of likely N-dealkylation sites (tertiary alicyclic amines) is 1. The molecule has 1 aliphatic heterocycles. The van der Waals surface area contributed by atoms with E-state index in [0.717, 1.165) is 42.8 Å². The average molecular weight is 630 g/mol. The first-order valence-corrected chi connectivity index (χ1v) is 15.2. The molecule has 3 aromatic rings. The molecule has 0 aromatic heterocycles. The summed E-state index contributed by atoms with van der Waals surface area (Å²) in [5.74, 6) is -3.59. The average Bonchev–Trinajstić information content (AvgIpc) is 3.23. The minimum Gasteiger partial charge on any atom is -0.454 e. The van der Waals surface area contributed by atoms with E-state index in [2.05, 4.69) is 21.2 Å². The van der Waals surface area contributed by atoms with Crippen LogP contribution in [0.5, 0.6) is 0 Å². The lowest BCUT2D eigenvalue weighted by Crippen LogP contribution is -2.47. The summed E-state index contributed by atoms with van der Waals surface area (Å²) < 4.78 is 6.41. The van der Waals surface area contributed by atoms with Gasteiger partial charge in [-0.2, -0.15) is 0 Å². The van der Waals surface area contributed by atoms with Crippen molar-refractivity contribution in [3.63, 3.8) is 0 Å². The summed E-state index contributed by atoms with van der Waals surface area (Å²) in [5, 5.41) is 2.80. The van der Waals surface area contributed by atoms with Crippen molar-refractivity contribution >= 4 is 45.3 Å². The molecule has 3 aliphatic carbocycles. The number of hydrogen-bond donors (Lipinski definition) is 1. The Morgan fingerprint density at radius 2 is 1.36 bits per heavy atom. The number of esters is 1. The third-order valence-electron chi connectivity index (χ3n) is 8.89. The number of aryl methyl sites for hydroxylation is 2. The number of carbonyl (C=O) groups is 4. The van der Waals surface area contributed by atoms with Gasteiger partial charge < -0.3 is 10.1 Å². The third kappa shape index (κ3) is 4.56. The summed E-state index contributed by atoms with van der Waals surface area (Å²) in [6.07, 6.45) is 0.248. The highest BCUT2D eigenvalue weighted by atomic mass is 79.9. The summed E-state index contributed by atoms with van der Waals surface area (Å²) in [6.45, 7) is 7.13. The Morgan fingerprint density at radius 1 is 0.857 bits per heavy atom. The molecule has 216 valence electrons. The lowest BCUT2D eigenvalue weighted by Gasteiger charge is -2.45. The first kappa shape index (κ1) is 28.3. The molecule has 4 aliphatic rings. The topological polar surface area (TPSA) is 92.8 Å². The number of amides is 3. The van der Waals surface area contributed by atoms with E-state index in [1.165, 1.54) is 0 Å². The highest BCUT2D eigenvalue weighted by molar-refractivity contribution is 9.10. The van der Waals surface area contributed by atoms with Gasteiger partial charge in [0.2, 0.25) is 11.8 Å². The van der Waals surface area contributed by atoms with Gasteiger partial charge in [-0.25, -0.2) is 4.79 Å². The molecule has 42 heavy (non-hydrogen) atoms. The molecule has 1 fully saturated rings. The van der Waals surface area contributed by atoms with Crippen molar-refractivity contribution in [3.8, 4) is 0 Å². The molecule has 1 heterocycles. The van der Waals surface area contributed by atoms with Crippen LogP contribution in [0.15, 0.2) is 65.1 Å². The summed E-state index contributed by atoms with van der Waals surface area (Å²) in [6, 6.07) is 18.7. The predicted octanol–water partition coefficient (Wildman–Crippen LogP) is 5.85. The molecule has 3 atom stereocenters. The number of nitrogens with one attached hydrogen (secondary N) is 1. The Kier molecular flexibility index (Phi) is 7.29. The van der Waals surface area contributed by atoms with E-state index in [4.69, 9.17) is 4.74 Å². The molecule has 0 spiro atoms. The van der Waals surface area contributed by atoms with Crippen molar-refractivity contribution in [3.05, 3.63) is 98.5 Å². The summed E-state index contributed by atoms with van der Waals surface area (Å²) in [4.78, 5) is 55.8. The number of nitrogens with zero attached hydrogens (tertiary/aromatic N) is 1. The SMILES string of the molecule is Cc1cc(NC(=O)COC(=O)[C@H](CC(C)C)N2C(=O)[C@@H]3C4c5ccccc5C(c5ccccc54)[C@@H]3C2=O)c(C)cc1Br. The molecular formula is C34H33BrN2O5. The summed E-state index contributed by atoms with van der Waals surface area (Å²) in [7, 11) is 0. The molecule has 1 saturated heterocycles. The molecule has 0 radical (unpaired) electrons. The van der Waals surface area contributed by atoms with Crippen molar-refractivity contribution in [1.29, 1.82) is 0 Å². The zero-order valence-electron chi connectivity index (χ0n) is 24.0. The monoisotopic (exact) mass is 628 g/mol. The fourth-order valence-electron chi connectivity index (χ4n) is 7.10. The van der Waals surface area contributed by atoms with Crippen molar-refractivity contribution in [2.24, 2.45) is 17.8 Å². The normalized spacial score (nSPS) is 22.5. The lowest BCUT2D eigenvalue weighted by molar-refractivity contribution is -0.160. The van der Waals surface area contributed by atoms with Gasteiger partial charge in [0.15, 0.2) is 6.61 Å². The Hall–Kier alpha value is -3.78. The number of benzene rings is 3. The molecule has 7 rings (SSSR count). The number of halogens is 1. The van der Waals surface area contributed by atoms with Crippen LogP contribution in [0.3, 0.4) is 0 Å². The van der Waals surface area contributed by atoms with Crippen LogP contribution in [0.1, 0.15) is 65.5 Å². The molecule has 8 heteroatoms. The number of rotatable bonds is 7. The van der Waals surface area contributed by atoms with Crippen LogP contribution in [0.2, 0.25) is 0 Å². The second-order valence-electron chi connectivity index (χ2n) is 12.0. The van der Waals surface area contributed by atoms with Gasteiger partial charge in [0.05, 0.1) is 11.8 Å². The van der Waals surface area contributed by atoms with Crippen molar-refractivity contribution in [2.45, 2.75) is 52.0 Å². The maximum atomic E-state index is 14.2. The van der Waals surface area contributed by atoms with E-state index in [0.29, 0.717) is 5.69 Å². The molecule has 3 amide bonds. The van der Waals surface area contributed by atoms with Crippen LogP contribution in [-0.4, -0.2) is 41.2 Å². The van der Waals surface area contributed by atoms with E-state index < -0.39 is 36.4 Å². The van der Waals surface area contributed by atoms with Gasteiger partial charge in [-0.15, -0.1) is 0 Å². The number of carbonyl (C=O) groups excluding carboxylic acids is 4. The van der Waals surface area contributed by atoms with Crippen LogP contribution in [0.4, 0.5) is 5.69 Å². The number of hydrogen-bond acceptors (Lipinski definition) is 5. The Balaban J connectivity index is 1.26. The second kappa shape index (κ2) is 10.8. The minimum absolute atomic E-state index is 0.000823. The van der Waals surface area contributed by atoms with Gasteiger partial charge in [-0.05, 0) is 71.7 Å². The van der Waals surface area contributed by atoms with Gasteiger partial charge >= 0.3 is 5.97 Å². The van der Waals surface area contributed by atoms with Crippen LogP contribution in [-0.2, 0) is 23.9 Å². The van der Waals surface area contributed by atoms with Gasteiger partial charge in [0, 0.05) is 22.0 Å².